The lowest BCUT2D eigenvalue weighted by Gasteiger charge is -2.06. The molecule has 1 aliphatic carbocycles. The summed E-state index contributed by atoms with van der Waals surface area (Å²) in [5.74, 6) is 0.0607. The number of esters is 1. The van der Waals surface area contributed by atoms with Crippen molar-refractivity contribution >= 4 is 5.97 Å². The minimum Gasteiger partial charge on any atom is -0.462 e. The molecule has 1 fully saturated rings. The Morgan fingerprint density at radius 3 is 2.70 bits per heavy atom. The van der Waals surface area contributed by atoms with E-state index in [-0.39, 0.29) is 18.0 Å². The highest BCUT2D eigenvalue weighted by Crippen LogP contribution is 2.24. The third kappa shape index (κ3) is 2.01. The highest BCUT2D eigenvalue weighted by atomic mass is 16.5. The fraction of sp³-hybridized carbons (Fsp3) is 0.875. The summed E-state index contributed by atoms with van der Waals surface area (Å²) in [7, 11) is 0. The number of hydrogen-bond donors (Lipinski definition) is 0. The van der Waals surface area contributed by atoms with Gasteiger partial charge in [-0.2, -0.15) is 0 Å². The van der Waals surface area contributed by atoms with Crippen LogP contribution in [0.1, 0.15) is 33.1 Å². The van der Waals surface area contributed by atoms with E-state index in [0.717, 1.165) is 19.3 Å². The van der Waals surface area contributed by atoms with Gasteiger partial charge in [-0.3, -0.25) is 4.79 Å². The van der Waals surface area contributed by atoms with Gasteiger partial charge in [-0.25, -0.2) is 0 Å². The Labute approximate surface area is 61.6 Å². The van der Waals surface area contributed by atoms with Crippen molar-refractivity contribution in [3.05, 3.63) is 0 Å². The standard InChI is InChI=1S/C8H14O2/c1-3-6(2)8(9)10-7-4-5-7/h6-7H,3-5H2,1-2H3. The summed E-state index contributed by atoms with van der Waals surface area (Å²) in [5.41, 5.74) is 0. The van der Waals surface area contributed by atoms with E-state index in [9.17, 15) is 4.79 Å². The third-order valence-electron chi connectivity index (χ3n) is 1.82. The first-order valence-electron chi connectivity index (χ1n) is 3.94. The van der Waals surface area contributed by atoms with Crippen molar-refractivity contribution in [2.75, 3.05) is 0 Å². The van der Waals surface area contributed by atoms with E-state index in [0.29, 0.717) is 0 Å². The van der Waals surface area contributed by atoms with E-state index in [2.05, 4.69) is 0 Å². The van der Waals surface area contributed by atoms with Crippen LogP contribution in [0.15, 0.2) is 0 Å². The lowest BCUT2D eigenvalue weighted by atomic mass is 10.1. The van der Waals surface area contributed by atoms with Gasteiger partial charge in [0.2, 0.25) is 0 Å². The summed E-state index contributed by atoms with van der Waals surface area (Å²) in [6.45, 7) is 3.91. The lowest BCUT2D eigenvalue weighted by molar-refractivity contribution is -0.149. The number of carbonyl (C=O) groups excluding carboxylic acids is 1. The predicted octanol–water partition coefficient (Wildman–Crippen LogP) is 1.74. The van der Waals surface area contributed by atoms with Crippen LogP contribution in [0.5, 0.6) is 0 Å². The van der Waals surface area contributed by atoms with Crippen LogP contribution in [0.4, 0.5) is 0 Å². The Bertz CT molecular complexity index is 127. The topological polar surface area (TPSA) is 26.3 Å². The average Bonchev–Trinajstić information content (AvgIpc) is 2.70. The van der Waals surface area contributed by atoms with Gasteiger partial charge in [-0.15, -0.1) is 0 Å². The van der Waals surface area contributed by atoms with E-state index in [1.54, 1.807) is 0 Å². The van der Waals surface area contributed by atoms with Crippen molar-refractivity contribution in [2.24, 2.45) is 5.92 Å². The molecule has 0 N–H and O–H groups in total. The second-order valence-electron chi connectivity index (χ2n) is 2.95. The first-order chi connectivity index (χ1) is 4.74. The highest BCUT2D eigenvalue weighted by Gasteiger charge is 2.27. The van der Waals surface area contributed by atoms with E-state index >= 15 is 0 Å². The van der Waals surface area contributed by atoms with Gasteiger partial charge in [-0.1, -0.05) is 13.8 Å². The Kier molecular flexibility index (Phi) is 2.30. The van der Waals surface area contributed by atoms with Crippen molar-refractivity contribution in [1.82, 2.24) is 0 Å². The number of ether oxygens (including phenoxy) is 1. The minimum absolute atomic E-state index is 0.0231. The van der Waals surface area contributed by atoms with E-state index < -0.39 is 0 Å². The van der Waals surface area contributed by atoms with E-state index in [1.165, 1.54) is 0 Å². The summed E-state index contributed by atoms with van der Waals surface area (Å²) < 4.78 is 5.08. The van der Waals surface area contributed by atoms with Gasteiger partial charge < -0.3 is 4.74 Å². The Morgan fingerprint density at radius 2 is 2.30 bits per heavy atom. The molecule has 0 spiro atoms. The largest absolute Gasteiger partial charge is 0.462 e. The molecule has 0 saturated heterocycles. The second kappa shape index (κ2) is 3.04. The Morgan fingerprint density at radius 1 is 1.70 bits per heavy atom. The van der Waals surface area contributed by atoms with Gasteiger partial charge in [0.15, 0.2) is 0 Å². The van der Waals surface area contributed by atoms with Gasteiger partial charge >= 0.3 is 5.97 Å². The van der Waals surface area contributed by atoms with Gasteiger partial charge in [0.1, 0.15) is 6.10 Å². The van der Waals surface area contributed by atoms with Crippen LogP contribution in [0, 0.1) is 5.92 Å². The smallest absolute Gasteiger partial charge is 0.308 e. The van der Waals surface area contributed by atoms with E-state index in [4.69, 9.17) is 4.74 Å². The fourth-order valence-electron chi connectivity index (χ4n) is 0.633. The molecular weight excluding hydrogens is 128 g/mol. The van der Waals surface area contributed by atoms with Crippen LogP contribution in [0.2, 0.25) is 0 Å². The maximum atomic E-state index is 11.0. The first kappa shape index (κ1) is 7.58. The van der Waals surface area contributed by atoms with Crippen LogP contribution in [-0.4, -0.2) is 12.1 Å². The molecule has 0 amide bonds. The Balaban J connectivity index is 2.18. The molecule has 0 bridgehead atoms. The highest BCUT2D eigenvalue weighted by molar-refractivity contribution is 5.72. The number of hydrogen-bond acceptors (Lipinski definition) is 2. The molecular formula is C8H14O2. The minimum atomic E-state index is -0.0231. The van der Waals surface area contributed by atoms with Crippen LogP contribution in [0.25, 0.3) is 0 Å². The van der Waals surface area contributed by atoms with Gasteiger partial charge in [0.05, 0.1) is 5.92 Å². The van der Waals surface area contributed by atoms with Gasteiger partial charge in [-0.05, 0) is 19.3 Å². The molecule has 0 aromatic carbocycles. The number of rotatable bonds is 3. The molecule has 1 atom stereocenters. The van der Waals surface area contributed by atoms with Crippen molar-refractivity contribution < 1.29 is 9.53 Å². The zero-order chi connectivity index (χ0) is 7.56. The molecule has 0 heterocycles. The molecule has 1 unspecified atom stereocenters. The van der Waals surface area contributed by atoms with Crippen molar-refractivity contribution in [3.63, 3.8) is 0 Å². The second-order valence-corrected chi connectivity index (χ2v) is 2.95. The molecule has 1 rings (SSSR count). The first-order valence-corrected chi connectivity index (χ1v) is 3.94. The molecule has 0 aromatic heterocycles. The van der Waals surface area contributed by atoms with Crippen molar-refractivity contribution in [3.8, 4) is 0 Å². The van der Waals surface area contributed by atoms with E-state index in [1.807, 2.05) is 13.8 Å². The summed E-state index contributed by atoms with van der Waals surface area (Å²) >= 11 is 0. The molecule has 2 nitrogen and oxygen atoms in total. The fourth-order valence-corrected chi connectivity index (χ4v) is 0.633. The summed E-state index contributed by atoms with van der Waals surface area (Å²) in [4.78, 5) is 11.0. The zero-order valence-corrected chi connectivity index (χ0v) is 6.59. The van der Waals surface area contributed by atoms with Gasteiger partial charge in [0, 0.05) is 0 Å². The van der Waals surface area contributed by atoms with Crippen LogP contribution >= 0.6 is 0 Å². The molecule has 0 aromatic rings. The monoisotopic (exact) mass is 142 g/mol. The van der Waals surface area contributed by atoms with Crippen LogP contribution < -0.4 is 0 Å². The van der Waals surface area contributed by atoms with Gasteiger partial charge in [0.25, 0.3) is 0 Å². The van der Waals surface area contributed by atoms with Crippen molar-refractivity contribution in [1.29, 1.82) is 0 Å². The lowest BCUT2D eigenvalue weighted by Crippen LogP contribution is -2.14. The van der Waals surface area contributed by atoms with Crippen LogP contribution in [-0.2, 0) is 9.53 Å². The SMILES string of the molecule is CCC(C)C(=O)OC1CC1. The molecule has 10 heavy (non-hydrogen) atoms. The molecule has 0 aliphatic heterocycles. The quantitative estimate of drug-likeness (QED) is 0.561. The summed E-state index contributed by atoms with van der Waals surface area (Å²) in [6, 6.07) is 0. The molecule has 2 heteroatoms. The predicted molar refractivity (Wildman–Crippen MR) is 38.6 cm³/mol. The Hall–Kier alpha value is -0.530. The normalized spacial score (nSPS) is 20.2. The average molecular weight is 142 g/mol. The maximum absolute atomic E-state index is 11.0. The van der Waals surface area contributed by atoms with Crippen LogP contribution in [0.3, 0.4) is 0 Å². The third-order valence-corrected chi connectivity index (χ3v) is 1.82. The molecule has 0 radical (unpaired) electrons. The summed E-state index contributed by atoms with van der Waals surface area (Å²) in [6.07, 6.45) is 3.29. The molecule has 1 aliphatic rings. The van der Waals surface area contributed by atoms with Crippen molar-refractivity contribution in [2.45, 2.75) is 39.2 Å². The maximum Gasteiger partial charge on any atom is 0.308 e. The zero-order valence-electron chi connectivity index (χ0n) is 6.59. The summed E-state index contributed by atoms with van der Waals surface area (Å²) in [5, 5.41) is 0. The number of carbonyl (C=O) groups is 1. The molecule has 1 saturated carbocycles. The molecule has 58 valence electrons.